The summed E-state index contributed by atoms with van der Waals surface area (Å²) >= 11 is 0. The molecule has 1 fully saturated rings. The molecule has 0 saturated carbocycles. The molecule has 1 aromatic carbocycles. The van der Waals surface area contributed by atoms with E-state index in [2.05, 4.69) is 27.9 Å². The molecule has 1 saturated heterocycles. The molecule has 7 nitrogen and oxygen atoms in total. The Hall–Kier alpha value is -3.03. The lowest BCUT2D eigenvalue weighted by Gasteiger charge is -2.26. The van der Waals surface area contributed by atoms with Gasteiger partial charge in [0.2, 0.25) is 0 Å². The van der Waals surface area contributed by atoms with Crippen molar-refractivity contribution in [1.29, 1.82) is 0 Å². The minimum Gasteiger partial charge on any atom is -0.493 e. The van der Waals surface area contributed by atoms with Crippen LogP contribution in [-0.2, 0) is 11.2 Å². The maximum atomic E-state index is 6.04. The number of ether oxygens (including phenoxy) is 3. The van der Waals surface area contributed by atoms with E-state index in [1.165, 1.54) is 5.56 Å². The van der Waals surface area contributed by atoms with Crippen molar-refractivity contribution in [2.45, 2.75) is 38.5 Å². The Bertz CT molecular complexity index is 1040. The molecule has 2 aromatic heterocycles. The summed E-state index contributed by atoms with van der Waals surface area (Å²) < 4.78 is 17.1. The van der Waals surface area contributed by atoms with Gasteiger partial charge in [0.1, 0.15) is 0 Å². The highest BCUT2D eigenvalue weighted by Gasteiger charge is 2.15. The van der Waals surface area contributed by atoms with E-state index < -0.39 is 0 Å². The van der Waals surface area contributed by atoms with Crippen LogP contribution >= 0.6 is 0 Å². The summed E-state index contributed by atoms with van der Waals surface area (Å²) in [5, 5.41) is 0. The van der Waals surface area contributed by atoms with Crippen LogP contribution in [0.2, 0.25) is 0 Å². The fraction of sp³-hybridized carbons (Fsp3) is 0.464. The second-order valence-electron chi connectivity index (χ2n) is 8.89. The van der Waals surface area contributed by atoms with Gasteiger partial charge in [0.15, 0.2) is 11.5 Å². The third kappa shape index (κ3) is 7.23. The van der Waals surface area contributed by atoms with E-state index in [9.17, 15) is 0 Å². The SMILES string of the molecule is CCCC(Cc1cncc(-c2ccc(OCCCN3CCOCC3)c(OC)c2)n1)c1cccnc1. The van der Waals surface area contributed by atoms with Gasteiger partial charge in [-0.05, 0) is 55.0 Å². The highest BCUT2D eigenvalue weighted by atomic mass is 16.5. The first-order chi connectivity index (χ1) is 17.3. The summed E-state index contributed by atoms with van der Waals surface area (Å²) in [6.07, 6.45) is 11.4. The second-order valence-corrected chi connectivity index (χ2v) is 8.89. The molecule has 0 aliphatic carbocycles. The van der Waals surface area contributed by atoms with Crippen LogP contribution in [0.4, 0.5) is 0 Å². The maximum absolute atomic E-state index is 6.04. The molecule has 0 N–H and O–H groups in total. The number of rotatable bonds is 12. The molecule has 0 amide bonds. The van der Waals surface area contributed by atoms with Gasteiger partial charge in [-0.1, -0.05) is 19.4 Å². The zero-order valence-electron chi connectivity index (χ0n) is 20.9. The first-order valence-corrected chi connectivity index (χ1v) is 12.6. The van der Waals surface area contributed by atoms with Gasteiger partial charge in [-0.3, -0.25) is 14.9 Å². The van der Waals surface area contributed by atoms with Crippen LogP contribution in [0.5, 0.6) is 11.5 Å². The molecule has 3 aromatic rings. The van der Waals surface area contributed by atoms with E-state index in [1.807, 2.05) is 42.9 Å². The molecule has 7 heteroatoms. The van der Waals surface area contributed by atoms with E-state index in [0.29, 0.717) is 18.3 Å². The molecular weight excluding hydrogens is 440 g/mol. The monoisotopic (exact) mass is 476 g/mol. The fourth-order valence-corrected chi connectivity index (χ4v) is 4.49. The van der Waals surface area contributed by atoms with Gasteiger partial charge in [0.25, 0.3) is 0 Å². The zero-order valence-corrected chi connectivity index (χ0v) is 20.9. The number of benzene rings is 1. The number of methoxy groups -OCH3 is 1. The molecule has 35 heavy (non-hydrogen) atoms. The molecule has 1 atom stereocenters. The minimum absolute atomic E-state index is 0.376. The van der Waals surface area contributed by atoms with Crippen LogP contribution in [0.3, 0.4) is 0 Å². The number of hydrogen-bond donors (Lipinski definition) is 0. The molecule has 0 radical (unpaired) electrons. The lowest BCUT2D eigenvalue weighted by Crippen LogP contribution is -2.37. The fourth-order valence-electron chi connectivity index (χ4n) is 4.49. The van der Waals surface area contributed by atoms with Gasteiger partial charge in [0, 0.05) is 43.8 Å². The summed E-state index contributed by atoms with van der Waals surface area (Å²) in [6, 6.07) is 10.1. The standard InChI is InChI=1S/C28H36N4O3/c1-3-6-22(24-7-4-10-29-19-24)17-25-20-30-21-26(31-25)23-8-9-27(28(18-23)33-2)35-14-5-11-32-12-15-34-16-13-32/h4,7-10,18-22H,3,5-6,11-17H2,1-2H3. The predicted octanol–water partition coefficient (Wildman–Crippen LogP) is 4.77. The molecule has 1 aliphatic heterocycles. The Kier molecular flexibility index (Phi) is 9.43. The van der Waals surface area contributed by atoms with Crippen molar-refractivity contribution in [3.8, 4) is 22.8 Å². The third-order valence-electron chi connectivity index (χ3n) is 6.37. The Morgan fingerprint density at radius 2 is 1.94 bits per heavy atom. The van der Waals surface area contributed by atoms with Crippen molar-refractivity contribution in [3.63, 3.8) is 0 Å². The first kappa shape index (κ1) is 25.1. The number of morpholine rings is 1. The molecule has 1 unspecified atom stereocenters. The average Bonchev–Trinajstić information content (AvgIpc) is 2.92. The van der Waals surface area contributed by atoms with Crippen molar-refractivity contribution >= 4 is 0 Å². The number of aromatic nitrogens is 3. The summed E-state index contributed by atoms with van der Waals surface area (Å²) in [5.41, 5.74) is 4.02. The first-order valence-electron chi connectivity index (χ1n) is 12.6. The third-order valence-corrected chi connectivity index (χ3v) is 6.37. The van der Waals surface area contributed by atoms with E-state index in [0.717, 1.165) is 81.2 Å². The number of pyridine rings is 1. The van der Waals surface area contributed by atoms with Crippen LogP contribution in [0, 0.1) is 0 Å². The largest absolute Gasteiger partial charge is 0.493 e. The Labute approximate surface area is 208 Å². The summed E-state index contributed by atoms with van der Waals surface area (Å²) in [4.78, 5) is 16.1. The summed E-state index contributed by atoms with van der Waals surface area (Å²) in [7, 11) is 1.67. The maximum Gasteiger partial charge on any atom is 0.161 e. The van der Waals surface area contributed by atoms with Gasteiger partial charge >= 0.3 is 0 Å². The van der Waals surface area contributed by atoms with Gasteiger partial charge < -0.3 is 14.2 Å². The van der Waals surface area contributed by atoms with Crippen LogP contribution in [0.1, 0.15) is 43.4 Å². The van der Waals surface area contributed by atoms with Gasteiger partial charge in [0.05, 0.1) is 44.5 Å². The molecule has 0 bridgehead atoms. The van der Waals surface area contributed by atoms with Crippen molar-refractivity contribution in [2.24, 2.45) is 0 Å². The highest BCUT2D eigenvalue weighted by Crippen LogP contribution is 2.32. The zero-order chi connectivity index (χ0) is 24.3. The molecule has 1 aliphatic rings. The Morgan fingerprint density at radius 3 is 2.71 bits per heavy atom. The lowest BCUT2D eigenvalue weighted by atomic mass is 9.91. The predicted molar refractivity (Wildman–Crippen MR) is 137 cm³/mol. The van der Waals surface area contributed by atoms with Crippen LogP contribution < -0.4 is 9.47 Å². The topological polar surface area (TPSA) is 69.6 Å². The Morgan fingerprint density at radius 1 is 1.06 bits per heavy atom. The lowest BCUT2D eigenvalue weighted by molar-refractivity contribution is 0.0357. The van der Waals surface area contributed by atoms with E-state index in [-0.39, 0.29) is 0 Å². The number of nitrogens with zero attached hydrogens (tertiary/aromatic N) is 4. The number of hydrogen-bond acceptors (Lipinski definition) is 7. The van der Waals surface area contributed by atoms with Gasteiger partial charge in [-0.15, -0.1) is 0 Å². The van der Waals surface area contributed by atoms with Gasteiger partial charge in [-0.25, -0.2) is 4.98 Å². The van der Waals surface area contributed by atoms with Crippen LogP contribution in [0.25, 0.3) is 11.3 Å². The summed E-state index contributed by atoms with van der Waals surface area (Å²) in [6.45, 7) is 7.52. The van der Waals surface area contributed by atoms with E-state index >= 15 is 0 Å². The van der Waals surface area contributed by atoms with Crippen molar-refractivity contribution in [1.82, 2.24) is 19.9 Å². The van der Waals surface area contributed by atoms with Gasteiger partial charge in [-0.2, -0.15) is 0 Å². The average molecular weight is 477 g/mol. The molecule has 0 spiro atoms. The van der Waals surface area contributed by atoms with Crippen LogP contribution in [-0.4, -0.2) is 66.4 Å². The van der Waals surface area contributed by atoms with E-state index in [4.69, 9.17) is 19.2 Å². The molecule has 3 heterocycles. The molecular formula is C28H36N4O3. The normalized spacial score (nSPS) is 15.0. The second kappa shape index (κ2) is 13.2. The minimum atomic E-state index is 0.376. The smallest absolute Gasteiger partial charge is 0.161 e. The van der Waals surface area contributed by atoms with Crippen molar-refractivity contribution < 1.29 is 14.2 Å². The highest BCUT2D eigenvalue weighted by molar-refractivity contribution is 5.63. The molecule has 186 valence electrons. The van der Waals surface area contributed by atoms with E-state index in [1.54, 1.807) is 13.3 Å². The Balaban J connectivity index is 1.40. The molecule has 4 rings (SSSR count). The van der Waals surface area contributed by atoms with Crippen LogP contribution in [0.15, 0.2) is 55.1 Å². The quantitative estimate of drug-likeness (QED) is 0.349. The van der Waals surface area contributed by atoms with Crippen molar-refractivity contribution in [2.75, 3.05) is 46.6 Å². The summed E-state index contributed by atoms with van der Waals surface area (Å²) in [5.74, 6) is 1.84. The van der Waals surface area contributed by atoms with Crippen molar-refractivity contribution in [3.05, 3.63) is 66.4 Å².